The minimum atomic E-state index is -3.90. The first-order valence-electron chi connectivity index (χ1n) is 7.53. The van der Waals surface area contributed by atoms with Gasteiger partial charge in [0.15, 0.2) is 11.6 Å². The quantitative estimate of drug-likeness (QED) is 0.721. The Balaban J connectivity index is 1.89. The number of nitrogens with one attached hydrogen (secondary N) is 1. The molecule has 0 aliphatic carbocycles. The first-order valence-corrected chi connectivity index (χ1v) is 9.73. The van der Waals surface area contributed by atoms with Gasteiger partial charge in [0.2, 0.25) is 10.0 Å². The van der Waals surface area contributed by atoms with Gasteiger partial charge in [0.05, 0.1) is 26.6 Å². The van der Waals surface area contributed by atoms with Crippen LogP contribution in [0.4, 0.5) is 14.5 Å². The van der Waals surface area contributed by atoms with Crippen molar-refractivity contribution in [1.82, 2.24) is 4.31 Å². The van der Waals surface area contributed by atoms with Crippen molar-refractivity contribution in [2.24, 2.45) is 0 Å². The first-order chi connectivity index (χ1) is 12.6. The van der Waals surface area contributed by atoms with E-state index in [4.69, 9.17) is 23.2 Å². The van der Waals surface area contributed by atoms with E-state index in [1.165, 1.54) is 12.1 Å². The molecule has 0 atom stereocenters. The van der Waals surface area contributed by atoms with Crippen LogP contribution in [0.25, 0.3) is 0 Å². The van der Waals surface area contributed by atoms with E-state index >= 15 is 0 Å². The Hall–Kier alpha value is -1.78. The molecule has 1 amide bonds. The number of hydrogen-bond donors (Lipinski definition) is 2. The smallest absolute Gasteiger partial charge is 0.257 e. The molecule has 0 unspecified atom stereocenters. The van der Waals surface area contributed by atoms with Gasteiger partial charge in [0.1, 0.15) is 0 Å². The van der Waals surface area contributed by atoms with Gasteiger partial charge in [-0.15, -0.1) is 0 Å². The van der Waals surface area contributed by atoms with E-state index in [0.717, 1.165) is 22.5 Å². The van der Waals surface area contributed by atoms with E-state index in [2.05, 4.69) is 5.32 Å². The molecule has 0 spiro atoms. The van der Waals surface area contributed by atoms with Crippen molar-refractivity contribution in [3.8, 4) is 0 Å². The van der Waals surface area contributed by atoms with Crippen LogP contribution in [0, 0.1) is 11.6 Å². The van der Waals surface area contributed by atoms with Gasteiger partial charge in [0, 0.05) is 24.8 Å². The Labute approximate surface area is 163 Å². The van der Waals surface area contributed by atoms with Crippen LogP contribution in [0.3, 0.4) is 0 Å². The maximum absolute atomic E-state index is 13.4. The third kappa shape index (κ3) is 3.92. The molecule has 3 rings (SSSR count). The molecule has 0 saturated carbocycles. The average molecular weight is 437 g/mol. The van der Waals surface area contributed by atoms with Gasteiger partial charge in [-0.05, 0) is 24.3 Å². The molecule has 2 aromatic rings. The van der Waals surface area contributed by atoms with E-state index in [0.29, 0.717) is 0 Å². The number of halogens is 4. The van der Waals surface area contributed by atoms with Crippen molar-refractivity contribution in [3.05, 3.63) is 57.6 Å². The summed E-state index contributed by atoms with van der Waals surface area (Å²) >= 11 is 11.5. The second kappa shape index (κ2) is 7.33. The van der Waals surface area contributed by atoms with Crippen LogP contribution in [0.15, 0.2) is 35.2 Å². The average Bonchev–Trinajstić information content (AvgIpc) is 2.56. The van der Waals surface area contributed by atoms with Gasteiger partial charge in [-0.1, -0.05) is 23.2 Å². The number of carbonyl (C=O) groups is 1. The number of β-amino-alcohol motifs (C(OH)–C–C–N with tert-alkyl or cyclic N) is 1. The topological polar surface area (TPSA) is 86.7 Å². The van der Waals surface area contributed by atoms with E-state index in [1.54, 1.807) is 0 Å². The van der Waals surface area contributed by atoms with Gasteiger partial charge >= 0.3 is 0 Å². The second-order valence-electron chi connectivity index (χ2n) is 5.83. The number of aliphatic hydroxyl groups is 1. The fourth-order valence-corrected chi connectivity index (χ4v) is 4.38. The zero-order valence-electron chi connectivity index (χ0n) is 13.4. The number of sulfonamides is 1. The van der Waals surface area contributed by atoms with Crippen molar-refractivity contribution in [2.75, 3.05) is 18.4 Å². The highest BCUT2D eigenvalue weighted by atomic mass is 35.5. The maximum Gasteiger partial charge on any atom is 0.257 e. The fourth-order valence-electron chi connectivity index (χ4n) is 2.43. The number of hydrogen-bond acceptors (Lipinski definition) is 4. The van der Waals surface area contributed by atoms with Gasteiger partial charge in [0.25, 0.3) is 5.91 Å². The molecule has 1 fully saturated rings. The lowest BCUT2D eigenvalue weighted by Crippen LogP contribution is -2.53. The number of amides is 1. The van der Waals surface area contributed by atoms with Crippen molar-refractivity contribution in [3.63, 3.8) is 0 Å². The standard InChI is InChI=1S/C16H12Cl2F2N2O4S/c17-12-2-1-10(27(25,26)22-6-9(23)7-22)5-11(12)16(24)21-8-3-13(18)15(20)14(19)4-8/h1-5,9,23H,6-7H2,(H,21,24). The lowest BCUT2D eigenvalue weighted by molar-refractivity contribution is 0.0548. The molecule has 144 valence electrons. The van der Waals surface area contributed by atoms with Crippen LogP contribution >= 0.6 is 23.2 Å². The zero-order valence-corrected chi connectivity index (χ0v) is 15.7. The van der Waals surface area contributed by atoms with Crippen LogP contribution in [0.5, 0.6) is 0 Å². The predicted octanol–water partition coefficient (Wildman–Crippen LogP) is 2.89. The Morgan fingerprint density at radius 1 is 1.15 bits per heavy atom. The lowest BCUT2D eigenvalue weighted by atomic mass is 10.2. The van der Waals surface area contributed by atoms with Gasteiger partial charge in [-0.3, -0.25) is 4.79 Å². The van der Waals surface area contributed by atoms with E-state index in [9.17, 15) is 27.1 Å². The molecule has 0 radical (unpaired) electrons. The number of rotatable bonds is 4. The van der Waals surface area contributed by atoms with Gasteiger partial charge in [-0.2, -0.15) is 4.31 Å². The largest absolute Gasteiger partial charge is 0.390 e. The summed E-state index contributed by atoms with van der Waals surface area (Å²) in [4.78, 5) is 12.2. The maximum atomic E-state index is 13.4. The zero-order chi connectivity index (χ0) is 19.9. The highest BCUT2D eigenvalue weighted by Crippen LogP contribution is 2.27. The normalized spacial score (nSPS) is 15.4. The first kappa shape index (κ1) is 20.0. The molecule has 6 nitrogen and oxygen atoms in total. The Bertz CT molecular complexity index is 1000. The summed E-state index contributed by atoms with van der Waals surface area (Å²) in [5, 5.41) is 11.0. The Kier molecular flexibility index (Phi) is 5.42. The summed E-state index contributed by atoms with van der Waals surface area (Å²) in [6.45, 7) is -0.0836. The van der Waals surface area contributed by atoms with E-state index < -0.39 is 38.7 Å². The van der Waals surface area contributed by atoms with E-state index in [-0.39, 0.29) is 34.3 Å². The molecule has 11 heteroatoms. The molecule has 2 aromatic carbocycles. The number of aliphatic hydroxyl groups excluding tert-OH is 1. The molecule has 27 heavy (non-hydrogen) atoms. The van der Waals surface area contributed by atoms with Crippen LogP contribution in [0.2, 0.25) is 10.0 Å². The highest BCUT2D eigenvalue weighted by molar-refractivity contribution is 7.89. The van der Waals surface area contributed by atoms with Crippen LogP contribution in [-0.2, 0) is 10.0 Å². The second-order valence-corrected chi connectivity index (χ2v) is 8.58. The predicted molar refractivity (Wildman–Crippen MR) is 95.5 cm³/mol. The third-order valence-electron chi connectivity index (χ3n) is 3.89. The van der Waals surface area contributed by atoms with E-state index in [1.807, 2.05) is 0 Å². The summed E-state index contributed by atoms with van der Waals surface area (Å²) < 4.78 is 52.6. The highest BCUT2D eigenvalue weighted by Gasteiger charge is 2.36. The van der Waals surface area contributed by atoms with Gasteiger partial charge < -0.3 is 10.4 Å². The third-order valence-corrected chi connectivity index (χ3v) is 6.32. The molecular formula is C16H12Cl2F2N2O4S. The van der Waals surface area contributed by atoms with Crippen LogP contribution in [0.1, 0.15) is 10.4 Å². The molecule has 2 N–H and O–H groups in total. The Morgan fingerprint density at radius 3 is 2.41 bits per heavy atom. The minimum Gasteiger partial charge on any atom is -0.390 e. The van der Waals surface area contributed by atoms with Gasteiger partial charge in [-0.25, -0.2) is 17.2 Å². The summed E-state index contributed by atoms with van der Waals surface area (Å²) in [5.41, 5.74) is -0.307. The fraction of sp³-hybridized carbons (Fsp3) is 0.188. The molecule has 1 aliphatic heterocycles. The molecule has 0 bridgehead atoms. The SMILES string of the molecule is O=C(Nc1cc(F)c(F)c(Cl)c1)c1cc(S(=O)(=O)N2CC(O)C2)ccc1Cl. The van der Waals surface area contributed by atoms with Crippen LogP contribution < -0.4 is 5.32 Å². The molecular weight excluding hydrogens is 425 g/mol. The summed E-state index contributed by atoms with van der Waals surface area (Å²) in [5.74, 6) is -3.34. The molecule has 1 saturated heterocycles. The number of carbonyl (C=O) groups excluding carboxylic acids is 1. The molecule has 1 heterocycles. The minimum absolute atomic E-state index is 0.0382. The number of benzene rings is 2. The number of nitrogens with zero attached hydrogens (tertiary/aromatic N) is 1. The summed E-state index contributed by atoms with van der Waals surface area (Å²) in [7, 11) is -3.90. The summed E-state index contributed by atoms with van der Waals surface area (Å²) in [6.07, 6.45) is -0.729. The van der Waals surface area contributed by atoms with Crippen molar-refractivity contribution >= 4 is 44.8 Å². The summed E-state index contributed by atoms with van der Waals surface area (Å²) in [6, 6.07) is 5.27. The van der Waals surface area contributed by atoms with Crippen molar-refractivity contribution in [2.45, 2.75) is 11.0 Å². The number of anilines is 1. The Morgan fingerprint density at radius 2 is 1.81 bits per heavy atom. The monoisotopic (exact) mass is 436 g/mol. The van der Waals surface area contributed by atoms with Crippen molar-refractivity contribution in [1.29, 1.82) is 0 Å². The molecule has 1 aliphatic rings. The van der Waals surface area contributed by atoms with Crippen molar-refractivity contribution < 1.29 is 27.1 Å². The molecule has 0 aromatic heterocycles. The lowest BCUT2D eigenvalue weighted by Gasteiger charge is -2.34. The van der Waals surface area contributed by atoms with Crippen LogP contribution in [-0.4, -0.2) is 42.9 Å².